The number of piperidine rings is 1. The molecule has 0 radical (unpaired) electrons. The number of nitrogens with one attached hydrogen (secondary N) is 2. The van der Waals surface area contributed by atoms with Crippen molar-refractivity contribution in [3.63, 3.8) is 0 Å². The normalized spacial score (nSPS) is 19.5. The summed E-state index contributed by atoms with van der Waals surface area (Å²) < 4.78 is 5.27. The Kier molecular flexibility index (Phi) is 4.96. The molecule has 1 fully saturated rings. The molecule has 2 N–H and O–H groups in total. The molecule has 0 spiro atoms. The van der Waals surface area contributed by atoms with Crippen molar-refractivity contribution in [1.29, 1.82) is 0 Å². The van der Waals surface area contributed by atoms with Crippen LogP contribution >= 0.6 is 12.4 Å². The predicted molar refractivity (Wildman–Crippen MR) is 66.6 cm³/mol. The van der Waals surface area contributed by atoms with Crippen LogP contribution in [0.5, 0.6) is 0 Å². The third kappa shape index (κ3) is 3.44. The van der Waals surface area contributed by atoms with E-state index in [4.69, 9.17) is 4.42 Å². The maximum atomic E-state index is 11.9. The molecule has 1 atom stereocenters. The van der Waals surface area contributed by atoms with Gasteiger partial charge in [-0.2, -0.15) is 0 Å². The first-order valence-corrected chi connectivity index (χ1v) is 5.62. The fraction of sp³-hybridized carbons (Fsp3) is 0.636. The molecule has 1 saturated heterocycles. The molecular formula is C11H18ClN3O2. The number of aromatic nitrogens is 1. The number of carbonyl (C=O) groups is 1. The second kappa shape index (κ2) is 6.02. The largest absolute Gasteiger partial charge is 0.436 e. The van der Waals surface area contributed by atoms with Crippen LogP contribution in [-0.2, 0) is 0 Å². The highest BCUT2D eigenvalue weighted by atomic mass is 35.5. The lowest BCUT2D eigenvalue weighted by Crippen LogP contribution is -2.45. The van der Waals surface area contributed by atoms with Crippen LogP contribution in [-0.4, -0.2) is 30.0 Å². The van der Waals surface area contributed by atoms with Crippen LogP contribution in [0.15, 0.2) is 4.42 Å². The van der Waals surface area contributed by atoms with Crippen LogP contribution in [0.4, 0.5) is 0 Å². The summed E-state index contributed by atoms with van der Waals surface area (Å²) >= 11 is 0. The maximum absolute atomic E-state index is 11.9. The Morgan fingerprint density at radius 1 is 1.53 bits per heavy atom. The van der Waals surface area contributed by atoms with Gasteiger partial charge in [0.05, 0.1) is 5.69 Å². The number of nitrogens with zero attached hydrogens (tertiary/aromatic N) is 1. The number of aryl methyl sites for hydroxylation is 2. The van der Waals surface area contributed by atoms with Crippen molar-refractivity contribution in [2.75, 3.05) is 13.1 Å². The molecule has 1 amide bonds. The van der Waals surface area contributed by atoms with Gasteiger partial charge in [0.1, 0.15) is 0 Å². The fourth-order valence-electron chi connectivity index (χ4n) is 1.97. The molecule has 0 aromatic carbocycles. The van der Waals surface area contributed by atoms with Crippen LogP contribution in [0.2, 0.25) is 0 Å². The summed E-state index contributed by atoms with van der Waals surface area (Å²) in [5, 5.41) is 6.20. The number of rotatable bonds is 2. The minimum absolute atomic E-state index is 0. The Bertz CT molecular complexity index is 386. The van der Waals surface area contributed by atoms with E-state index in [9.17, 15) is 4.79 Å². The molecule has 17 heavy (non-hydrogen) atoms. The van der Waals surface area contributed by atoms with Crippen molar-refractivity contribution in [2.45, 2.75) is 32.7 Å². The Hall–Kier alpha value is -1.07. The SMILES string of the molecule is Cc1nc(C)c(C(=O)N[C@@H]2CCCNC2)o1.Cl. The molecule has 5 nitrogen and oxygen atoms in total. The van der Waals surface area contributed by atoms with Crippen LogP contribution in [0, 0.1) is 13.8 Å². The summed E-state index contributed by atoms with van der Waals surface area (Å²) in [6.07, 6.45) is 2.12. The van der Waals surface area contributed by atoms with Gasteiger partial charge < -0.3 is 15.1 Å². The van der Waals surface area contributed by atoms with Crippen LogP contribution in [0.25, 0.3) is 0 Å². The standard InChI is InChI=1S/C11H17N3O2.ClH/c1-7-10(16-8(2)13-7)11(15)14-9-4-3-5-12-6-9;/h9,12H,3-6H2,1-2H3,(H,14,15);1H/t9-;/m1./s1. The first-order valence-electron chi connectivity index (χ1n) is 5.62. The Morgan fingerprint density at radius 2 is 2.29 bits per heavy atom. The average molecular weight is 260 g/mol. The maximum Gasteiger partial charge on any atom is 0.289 e. The van der Waals surface area contributed by atoms with Crippen molar-refractivity contribution in [3.8, 4) is 0 Å². The van der Waals surface area contributed by atoms with Crippen molar-refractivity contribution in [1.82, 2.24) is 15.6 Å². The molecule has 0 unspecified atom stereocenters. The summed E-state index contributed by atoms with van der Waals surface area (Å²) in [6.45, 7) is 5.39. The summed E-state index contributed by atoms with van der Waals surface area (Å²) in [4.78, 5) is 16.0. The van der Waals surface area contributed by atoms with E-state index in [1.165, 1.54) is 0 Å². The molecule has 0 saturated carbocycles. The fourth-order valence-corrected chi connectivity index (χ4v) is 1.97. The van der Waals surface area contributed by atoms with E-state index in [-0.39, 0.29) is 24.4 Å². The highest BCUT2D eigenvalue weighted by molar-refractivity contribution is 5.92. The lowest BCUT2D eigenvalue weighted by atomic mass is 10.1. The monoisotopic (exact) mass is 259 g/mol. The third-order valence-corrected chi connectivity index (χ3v) is 2.74. The Morgan fingerprint density at radius 3 is 2.82 bits per heavy atom. The average Bonchev–Trinajstić information content (AvgIpc) is 2.59. The first kappa shape index (κ1) is 14.0. The number of halogens is 1. The molecule has 96 valence electrons. The molecule has 1 aliphatic rings. The van der Waals surface area contributed by atoms with Gasteiger partial charge in [0.2, 0.25) is 5.76 Å². The highest BCUT2D eigenvalue weighted by Gasteiger charge is 2.20. The summed E-state index contributed by atoms with van der Waals surface area (Å²) in [5.41, 5.74) is 0.652. The van der Waals surface area contributed by atoms with Crippen molar-refractivity contribution in [2.24, 2.45) is 0 Å². The summed E-state index contributed by atoms with van der Waals surface area (Å²) in [5.74, 6) is 0.708. The van der Waals surface area contributed by atoms with Crippen LogP contribution in [0.1, 0.15) is 35.0 Å². The lowest BCUT2D eigenvalue weighted by Gasteiger charge is -2.23. The lowest BCUT2D eigenvalue weighted by molar-refractivity contribution is 0.0900. The van der Waals surface area contributed by atoms with Crippen LogP contribution in [0.3, 0.4) is 0 Å². The van der Waals surface area contributed by atoms with Gasteiger partial charge in [0.25, 0.3) is 5.91 Å². The van der Waals surface area contributed by atoms with Gasteiger partial charge in [-0.25, -0.2) is 4.98 Å². The van der Waals surface area contributed by atoms with E-state index in [0.717, 1.165) is 25.9 Å². The molecule has 1 aromatic heterocycles. The van der Waals surface area contributed by atoms with E-state index in [2.05, 4.69) is 15.6 Å². The summed E-state index contributed by atoms with van der Waals surface area (Å²) in [6, 6.07) is 0.200. The van der Waals surface area contributed by atoms with Crippen molar-refractivity contribution in [3.05, 3.63) is 17.3 Å². The van der Waals surface area contributed by atoms with Gasteiger partial charge in [-0.3, -0.25) is 4.79 Å². The number of hydrogen-bond acceptors (Lipinski definition) is 4. The minimum Gasteiger partial charge on any atom is -0.436 e. The van der Waals surface area contributed by atoms with Gasteiger partial charge >= 0.3 is 0 Å². The predicted octanol–water partition coefficient (Wildman–Crippen LogP) is 1.20. The van der Waals surface area contributed by atoms with E-state index in [1.807, 2.05) is 0 Å². The molecule has 1 aromatic rings. The van der Waals surface area contributed by atoms with E-state index >= 15 is 0 Å². The van der Waals surface area contributed by atoms with Crippen molar-refractivity contribution < 1.29 is 9.21 Å². The zero-order valence-electron chi connectivity index (χ0n) is 10.1. The molecule has 6 heteroatoms. The first-order chi connectivity index (χ1) is 7.66. The van der Waals surface area contributed by atoms with Crippen LogP contribution < -0.4 is 10.6 Å². The summed E-state index contributed by atoms with van der Waals surface area (Å²) in [7, 11) is 0. The van der Waals surface area contributed by atoms with Gasteiger partial charge in [-0.1, -0.05) is 0 Å². The quantitative estimate of drug-likeness (QED) is 0.837. The highest BCUT2D eigenvalue weighted by Crippen LogP contribution is 2.10. The van der Waals surface area contributed by atoms with E-state index < -0.39 is 0 Å². The van der Waals surface area contributed by atoms with Gasteiger partial charge in [-0.15, -0.1) is 12.4 Å². The van der Waals surface area contributed by atoms with Gasteiger partial charge in [-0.05, 0) is 26.3 Å². The second-order valence-corrected chi connectivity index (χ2v) is 4.16. The topological polar surface area (TPSA) is 67.2 Å². The molecule has 0 bridgehead atoms. The smallest absolute Gasteiger partial charge is 0.289 e. The van der Waals surface area contributed by atoms with E-state index in [0.29, 0.717) is 17.3 Å². The zero-order valence-corrected chi connectivity index (χ0v) is 10.9. The number of oxazole rings is 1. The van der Waals surface area contributed by atoms with Gasteiger partial charge in [0, 0.05) is 19.5 Å². The molecule has 2 rings (SSSR count). The Labute approximate surface area is 107 Å². The minimum atomic E-state index is -0.160. The van der Waals surface area contributed by atoms with E-state index in [1.54, 1.807) is 13.8 Å². The van der Waals surface area contributed by atoms with Gasteiger partial charge in [0.15, 0.2) is 5.89 Å². The molecule has 0 aliphatic carbocycles. The number of hydrogen-bond donors (Lipinski definition) is 2. The zero-order chi connectivity index (χ0) is 11.5. The number of carbonyl (C=O) groups excluding carboxylic acids is 1. The second-order valence-electron chi connectivity index (χ2n) is 4.16. The van der Waals surface area contributed by atoms with Crippen molar-refractivity contribution >= 4 is 18.3 Å². The third-order valence-electron chi connectivity index (χ3n) is 2.74. The molecular weight excluding hydrogens is 242 g/mol. The molecule has 1 aliphatic heterocycles. The number of amides is 1. The Balaban J connectivity index is 0.00000144. The molecule has 2 heterocycles.